The molecule has 0 atom stereocenters. The van der Waals surface area contributed by atoms with Crippen LogP contribution < -0.4 is 9.47 Å². The number of nitrogens with zero attached hydrogens (tertiary/aromatic N) is 1. The molecule has 0 aromatic heterocycles. The van der Waals surface area contributed by atoms with E-state index in [4.69, 9.17) is 33.3 Å². The van der Waals surface area contributed by atoms with Crippen molar-refractivity contribution in [2.24, 2.45) is 0 Å². The van der Waals surface area contributed by atoms with Crippen molar-refractivity contribution in [3.8, 4) is 17.2 Å². The minimum absolute atomic E-state index is 0.140. The SMILES string of the molecule is O=C1/C(=C/c2cccc(O)c2)SC(=S)N1Cc1cc2c(cc1Cl)OCO2. The minimum Gasteiger partial charge on any atom is -0.508 e. The Morgan fingerprint density at radius 1 is 1.27 bits per heavy atom. The average Bonchev–Trinajstić information content (AvgIpc) is 3.14. The summed E-state index contributed by atoms with van der Waals surface area (Å²) in [6.45, 7) is 0.403. The van der Waals surface area contributed by atoms with Crippen molar-refractivity contribution in [2.75, 3.05) is 6.79 Å². The highest BCUT2D eigenvalue weighted by Crippen LogP contribution is 2.39. The zero-order valence-electron chi connectivity index (χ0n) is 13.3. The van der Waals surface area contributed by atoms with Gasteiger partial charge in [0.15, 0.2) is 11.5 Å². The molecule has 0 saturated carbocycles. The molecule has 2 aromatic rings. The zero-order chi connectivity index (χ0) is 18.3. The first kappa shape index (κ1) is 17.2. The molecule has 0 unspecified atom stereocenters. The van der Waals surface area contributed by atoms with Gasteiger partial charge >= 0.3 is 0 Å². The van der Waals surface area contributed by atoms with E-state index in [-0.39, 0.29) is 25.0 Å². The van der Waals surface area contributed by atoms with Crippen LogP contribution >= 0.6 is 35.6 Å². The van der Waals surface area contributed by atoms with Crippen molar-refractivity contribution >= 4 is 51.9 Å². The van der Waals surface area contributed by atoms with Gasteiger partial charge in [0, 0.05) is 11.1 Å². The Hall–Kier alpha value is -2.22. The van der Waals surface area contributed by atoms with Gasteiger partial charge < -0.3 is 14.6 Å². The van der Waals surface area contributed by atoms with Crippen LogP contribution in [0, 0.1) is 0 Å². The number of amides is 1. The minimum atomic E-state index is -0.197. The van der Waals surface area contributed by atoms with Crippen molar-refractivity contribution in [2.45, 2.75) is 6.54 Å². The molecule has 2 heterocycles. The molecule has 1 saturated heterocycles. The second kappa shape index (κ2) is 6.83. The van der Waals surface area contributed by atoms with Crippen LogP contribution in [0.25, 0.3) is 6.08 Å². The number of hydrogen-bond donors (Lipinski definition) is 1. The second-order valence-electron chi connectivity index (χ2n) is 5.66. The van der Waals surface area contributed by atoms with E-state index in [1.165, 1.54) is 16.7 Å². The molecule has 0 aliphatic carbocycles. The highest BCUT2D eigenvalue weighted by atomic mass is 35.5. The third-order valence-corrected chi connectivity index (χ3v) is 5.64. The monoisotopic (exact) mass is 405 g/mol. The summed E-state index contributed by atoms with van der Waals surface area (Å²) in [7, 11) is 0. The lowest BCUT2D eigenvalue weighted by Crippen LogP contribution is -2.27. The summed E-state index contributed by atoms with van der Waals surface area (Å²) in [5.41, 5.74) is 1.46. The van der Waals surface area contributed by atoms with Crippen LogP contribution in [0.4, 0.5) is 0 Å². The van der Waals surface area contributed by atoms with E-state index in [0.717, 1.165) is 11.1 Å². The van der Waals surface area contributed by atoms with Crippen LogP contribution in [0.5, 0.6) is 17.2 Å². The number of carbonyl (C=O) groups excluding carboxylic acids is 1. The maximum Gasteiger partial charge on any atom is 0.266 e. The van der Waals surface area contributed by atoms with Crippen LogP contribution in [-0.4, -0.2) is 27.0 Å². The molecule has 1 N–H and O–H groups in total. The topological polar surface area (TPSA) is 59.0 Å². The lowest BCUT2D eigenvalue weighted by molar-refractivity contribution is -0.122. The summed E-state index contributed by atoms with van der Waals surface area (Å²) in [6.07, 6.45) is 1.71. The highest BCUT2D eigenvalue weighted by molar-refractivity contribution is 8.26. The van der Waals surface area contributed by atoms with Gasteiger partial charge in [0.05, 0.1) is 11.4 Å². The van der Waals surface area contributed by atoms with Crippen LogP contribution in [0.1, 0.15) is 11.1 Å². The summed E-state index contributed by atoms with van der Waals surface area (Å²) >= 11 is 12.9. The number of hydrogen-bond acceptors (Lipinski definition) is 6. The fourth-order valence-corrected chi connectivity index (χ4v) is 4.12. The normalized spacial score (nSPS) is 17.4. The number of fused-ring (bicyclic) bond motifs is 1. The smallest absolute Gasteiger partial charge is 0.266 e. The molecule has 2 aromatic carbocycles. The standard InChI is InChI=1S/C18H12ClNO4S2/c19-13-7-15-14(23-9-24-15)6-11(13)8-20-17(22)16(26-18(20)25)5-10-2-1-3-12(21)4-10/h1-7,21H,8-9H2/b16-5-. The van der Waals surface area contributed by atoms with Gasteiger partial charge in [0.1, 0.15) is 10.1 Å². The number of rotatable bonds is 3. The van der Waals surface area contributed by atoms with Gasteiger partial charge in [-0.15, -0.1) is 0 Å². The van der Waals surface area contributed by atoms with E-state index in [1.54, 1.807) is 42.5 Å². The quantitative estimate of drug-likeness (QED) is 0.610. The Bertz CT molecular complexity index is 960. The number of benzene rings is 2. The summed E-state index contributed by atoms with van der Waals surface area (Å²) in [6, 6.07) is 10.1. The second-order valence-corrected chi connectivity index (χ2v) is 7.74. The third-order valence-electron chi connectivity index (χ3n) is 3.91. The molecule has 8 heteroatoms. The summed E-state index contributed by atoms with van der Waals surface area (Å²) < 4.78 is 11.1. The van der Waals surface area contributed by atoms with Gasteiger partial charge in [-0.2, -0.15) is 0 Å². The molecule has 0 radical (unpaired) electrons. The lowest BCUT2D eigenvalue weighted by atomic mass is 10.1. The number of carbonyl (C=O) groups is 1. The Morgan fingerprint density at radius 3 is 2.81 bits per heavy atom. The summed E-state index contributed by atoms with van der Waals surface area (Å²) in [5.74, 6) is 1.14. The molecular weight excluding hydrogens is 394 g/mol. The van der Waals surface area contributed by atoms with Gasteiger partial charge in [-0.05, 0) is 35.4 Å². The van der Waals surface area contributed by atoms with Crippen LogP contribution in [0.3, 0.4) is 0 Å². The summed E-state index contributed by atoms with van der Waals surface area (Å²) in [4.78, 5) is 14.7. The molecule has 2 aliphatic rings. The number of aromatic hydroxyl groups is 1. The number of thiocarbonyl (C=S) groups is 1. The van der Waals surface area contributed by atoms with Crippen molar-refractivity contribution in [3.63, 3.8) is 0 Å². The van der Waals surface area contributed by atoms with Crippen LogP contribution in [0.15, 0.2) is 41.3 Å². The molecule has 26 heavy (non-hydrogen) atoms. The highest BCUT2D eigenvalue weighted by Gasteiger charge is 2.33. The number of ether oxygens (including phenoxy) is 2. The number of halogens is 1. The van der Waals surface area contributed by atoms with Crippen LogP contribution in [0.2, 0.25) is 5.02 Å². The van der Waals surface area contributed by atoms with Crippen molar-refractivity contribution in [1.29, 1.82) is 0 Å². The van der Waals surface area contributed by atoms with Gasteiger partial charge in [-0.3, -0.25) is 9.69 Å². The molecule has 132 valence electrons. The van der Waals surface area contributed by atoms with E-state index >= 15 is 0 Å². The van der Waals surface area contributed by atoms with Gasteiger partial charge in [0.25, 0.3) is 5.91 Å². The Kier molecular flexibility index (Phi) is 4.52. The molecule has 1 fully saturated rings. The van der Waals surface area contributed by atoms with Gasteiger partial charge in [0.2, 0.25) is 6.79 Å². The maximum atomic E-state index is 12.7. The molecule has 0 bridgehead atoms. The predicted octanol–water partition coefficient (Wildman–Crippen LogP) is 4.18. The van der Waals surface area contributed by atoms with Crippen LogP contribution in [-0.2, 0) is 11.3 Å². The number of phenols is 1. The third kappa shape index (κ3) is 3.25. The molecule has 5 nitrogen and oxygen atoms in total. The first-order valence-electron chi connectivity index (χ1n) is 7.64. The summed E-state index contributed by atoms with van der Waals surface area (Å²) in [5, 5.41) is 10.1. The van der Waals surface area contributed by atoms with Crippen molar-refractivity contribution in [3.05, 3.63) is 57.5 Å². The van der Waals surface area contributed by atoms with E-state index in [1.807, 2.05) is 0 Å². The Morgan fingerprint density at radius 2 is 2.04 bits per heavy atom. The fraction of sp³-hybridized carbons (Fsp3) is 0.111. The first-order valence-corrected chi connectivity index (χ1v) is 9.24. The molecule has 1 amide bonds. The first-order chi connectivity index (χ1) is 12.5. The van der Waals surface area contributed by atoms with Gasteiger partial charge in [-0.25, -0.2) is 0 Å². The number of phenolic OH excluding ortho intramolecular Hbond substituents is 1. The Balaban J connectivity index is 1.59. The van der Waals surface area contributed by atoms with Gasteiger partial charge in [-0.1, -0.05) is 47.7 Å². The van der Waals surface area contributed by atoms with E-state index in [2.05, 4.69) is 0 Å². The molecule has 0 spiro atoms. The fourth-order valence-electron chi connectivity index (χ4n) is 2.65. The molecule has 4 rings (SSSR count). The van der Waals surface area contributed by atoms with E-state index in [9.17, 15) is 9.90 Å². The molecule has 2 aliphatic heterocycles. The molecular formula is C18H12ClNO4S2. The van der Waals surface area contributed by atoms with Crippen molar-refractivity contribution < 1.29 is 19.4 Å². The van der Waals surface area contributed by atoms with Crippen molar-refractivity contribution in [1.82, 2.24) is 4.90 Å². The maximum absolute atomic E-state index is 12.7. The lowest BCUT2D eigenvalue weighted by Gasteiger charge is -2.16. The average molecular weight is 406 g/mol. The van der Waals surface area contributed by atoms with E-state index in [0.29, 0.717) is 25.7 Å². The largest absolute Gasteiger partial charge is 0.508 e. The Labute approximate surface area is 164 Å². The zero-order valence-corrected chi connectivity index (χ0v) is 15.7. The predicted molar refractivity (Wildman–Crippen MR) is 104 cm³/mol. The van der Waals surface area contributed by atoms with E-state index < -0.39 is 0 Å². The number of thioether (sulfide) groups is 1.